The van der Waals surface area contributed by atoms with Crippen LogP contribution in [0.5, 0.6) is 0 Å². The molecule has 0 saturated carbocycles. The SMILES string of the molecule is C.C.C.C.CC.Cc1cc(N)ccc1C=CC1=[N+](C)CCC1.[Y]. The van der Waals surface area contributed by atoms with Crippen LogP contribution >= 0.6 is 0 Å². The minimum atomic E-state index is 0. The maximum atomic E-state index is 5.73. The van der Waals surface area contributed by atoms with Crippen LogP contribution in [0.25, 0.3) is 6.08 Å². The van der Waals surface area contributed by atoms with E-state index in [2.05, 4.69) is 36.8 Å². The van der Waals surface area contributed by atoms with E-state index in [0.29, 0.717) is 0 Å². The molecule has 23 heavy (non-hydrogen) atoms. The minimum Gasteiger partial charge on any atom is -0.399 e. The van der Waals surface area contributed by atoms with Crippen LogP contribution in [0.2, 0.25) is 0 Å². The fourth-order valence-corrected chi connectivity index (χ4v) is 2.11. The van der Waals surface area contributed by atoms with Gasteiger partial charge in [-0.25, -0.2) is 4.58 Å². The monoisotopic (exact) mass is 398 g/mol. The molecule has 0 amide bonds. The first-order chi connectivity index (χ1) is 8.66. The summed E-state index contributed by atoms with van der Waals surface area (Å²) in [6, 6.07) is 6.05. The van der Waals surface area contributed by atoms with Crippen LogP contribution in [0.3, 0.4) is 0 Å². The smallest absolute Gasteiger partial charge is 0.176 e. The molecule has 0 saturated heterocycles. The van der Waals surface area contributed by atoms with Crippen molar-refractivity contribution in [3.63, 3.8) is 0 Å². The van der Waals surface area contributed by atoms with E-state index in [1.54, 1.807) is 0 Å². The number of hydrogen-bond donors (Lipinski definition) is 1. The maximum absolute atomic E-state index is 5.73. The molecule has 1 radical (unpaired) electrons. The number of nitrogen functional groups attached to an aromatic ring is 1. The maximum Gasteiger partial charge on any atom is 0.176 e. The molecule has 2 rings (SSSR count). The van der Waals surface area contributed by atoms with Gasteiger partial charge in [0, 0.05) is 57.3 Å². The van der Waals surface area contributed by atoms with Crippen molar-refractivity contribution >= 4 is 17.5 Å². The third kappa shape index (κ3) is 10.8. The topological polar surface area (TPSA) is 29.0 Å². The molecule has 0 aromatic heterocycles. The molecule has 1 aliphatic heterocycles. The second-order valence-electron chi connectivity index (χ2n) is 4.47. The number of benzene rings is 1. The Bertz CT molecular complexity index is 463. The standard InChI is InChI=1S/C14H18N2.C2H6.4CH4.Y/c1-11-10-13(15)7-5-12(11)6-8-14-4-3-9-16(14)2;1-2;;;;;/h5-8,10,15H,3-4,9H2,1-2H3;1-2H3;4*1H4;/p+1. The van der Waals surface area contributed by atoms with Crippen LogP contribution in [-0.2, 0) is 32.7 Å². The molecule has 1 aromatic rings. The van der Waals surface area contributed by atoms with Gasteiger partial charge in [0.1, 0.15) is 13.6 Å². The van der Waals surface area contributed by atoms with Crippen LogP contribution in [0.15, 0.2) is 24.3 Å². The second kappa shape index (κ2) is 17.9. The minimum absolute atomic E-state index is 0. The fraction of sp³-hybridized carbons (Fsp3) is 0.550. The average Bonchev–Trinajstić information content (AvgIpc) is 2.76. The Hall–Kier alpha value is -0.466. The predicted molar refractivity (Wildman–Crippen MR) is 108 cm³/mol. The van der Waals surface area contributed by atoms with E-state index in [1.807, 2.05) is 26.0 Å². The number of nitrogens with two attached hydrogens (primary N) is 1. The van der Waals surface area contributed by atoms with E-state index in [4.69, 9.17) is 5.73 Å². The summed E-state index contributed by atoms with van der Waals surface area (Å²) in [5.41, 5.74) is 10.5. The van der Waals surface area contributed by atoms with Gasteiger partial charge in [-0.1, -0.05) is 49.6 Å². The van der Waals surface area contributed by atoms with Gasteiger partial charge < -0.3 is 5.73 Å². The summed E-state index contributed by atoms with van der Waals surface area (Å²) in [5.74, 6) is 0. The zero-order valence-corrected chi connectivity index (χ0v) is 15.4. The summed E-state index contributed by atoms with van der Waals surface area (Å²) in [6.45, 7) is 7.28. The Morgan fingerprint density at radius 3 is 2.04 bits per heavy atom. The first-order valence-electron chi connectivity index (χ1n) is 6.78. The Kier molecular flexibility index (Phi) is 26.4. The third-order valence-corrected chi connectivity index (χ3v) is 3.17. The number of allylic oxidation sites excluding steroid dienone is 1. The van der Waals surface area contributed by atoms with Crippen LogP contribution < -0.4 is 5.73 Å². The molecule has 1 aromatic carbocycles. The Morgan fingerprint density at radius 1 is 1.04 bits per heavy atom. The fourth-order valence-electron chi connectivity index (χ4n) is 2.11. The molecule has 1 heterocycles. The van der Waals surface area contributed by atoms with E-state index >= 15 is 0 Å². The summed E-state index contributed by atoms with van der Waals surface area (Å²) >= 11 is 0. The van der Waals surface area contributed by atoms with Gasteiger partial charge in [0.2, 0.25) is 0 Å². The van der Waals surface area contributed by atoms with Crippen molar-refractivity contribution in [1.82, 2.24) is 0 Å². The van der Waals surface area contributed by atoms with Gasteiger partial charge >= 0.3 is 0 Å². The molecular formula is C20H41N2Y+. The largest absolute Gasteiger partial charge is 0.399 e. The average molecular weight is 398 g/mol. The summed E-state index contributed by atoms with van der Waals surface area (Å²) in [5, 5.41) is 0. The molecule has 2 nitrogen and oxygen atoms in total. The van der Waals surface area contributed by atoms with Gasteiger partial charge in [0.05, 0.1) is 0 Å². The van der Waals surface area contributed by atoms with Crippen molar-refractivity contribution in [3.8, 4) is 0 Å². The van der Waals surface area contributed by atoms with Gasteiger partial charge in [0.25, 0.3) is 0 Å². The molecule has 0 unspecified atom stereocenters. The number of anilines is 1. The molecule has 0 aliphatic carbocycles. The number of hydrogen-bond acceptors (Lipinski definition) is 1. The van der Waals surface area contributed by atoms with E-state index in [1.165, 1.54) is 36.2 Å². The van der Waals surface area contributed by atoms with Gasteiger partial charge in [-0.05, 0) is 36.3 Å². The van der Waals surface area contributed by atoms with Crippen molar-refractivity contribution in [1.29, 1.82) is 0 Å². The second-order valence-corrected chi connectivity index (χ2v) is 4.47. The predicted octanol–water partition coefficient (Wildman–Crippen LogP) is 6.04. The van der Waals surface area contributed by atoms with Gasteiger partial charge in [-0.2, -0.15) is 0 Å². The van der Waals surface area contributed by atoms with Gasteiger partial charge in [-0.3, -0.25) is 0 Å². The molecular weight excluding hydrogens is 357 g/mol. The molecule has 2 N–H and O–H groups in total. The zero-order valence-electron chi connectivity index (χ0n) is 12.6. The van der Waals surface area contributed by atoms with Crippen molar-refractivity contribution < 1.29 is 37.3 Å². The molecule has 1 aliphatic rings. The molecule has 0 fully saturated rings. The molecule has 0 bridgehead atoms. The number of nitrogens with zero attached hydrogens (tertiary/aromatic N) is 1. The van der Waals surface area contributed by atoms with E-state index in [0.717, 1.165) is 5.69 Å². The van der Waals surface area contributed by atoms with Crippen LogP contribution in [0, 0.1) is 6.92 Å². The number of aryl methyl sites for hydroxylation is 1. The van der Waals surface area contributed by atoms with Crippen LogP contribution in [-0.4, -0.2) is 23.9 Å². The van der Waals surface area contributed by atoms with Crippen LogP contribution in [0.1, 0.15) is 67.5 Å². The first-order valence-corrected chi connectivity index (χ1v) is 6.78. The van der Waals surface area contributed by atoms with Crippen molar-refractivity contribution in [2.75, 3.05) is 19.3 Å². The summed E-state index contributed by atoms with van der Waals surface area (Å²) in [6.07, 6.45) is 6.88. The summed E-state index contributed by atoms with van der Waals surface area (Å²) < 4.78 is 2.32. The van der Waals surface area contributed by atoms with Gasteiger partial charge in [-0.15, -0.1) is 0 Å². The zero-order chi connectivity index (χ0) is 13.5. The Balaban J connectivity index is -0.000000149. The van der Waals surface area contributed by atoms with Crippen molar-refractivity contribution in [2.24, 2.45) is 0 Å². The Labute approximate surface area is 172 Å². The number of rotatable bonds is 2. The Morgan fingerprint density at radius 2 is 1.61 bits per heavy atom. The molecule has 0 spiro atoms. The first kappa shape index (κ1) is 34.0. The van der Waals surface area contributed by atoms with E-state index < -0.39 is 0 Å². The molecule has 3 heteroatoms. The summed E-state index contributed by atoms with van der Waals surface area (Å²) in [7, 11) is 2.16. The van der Waals surface area contributed by atoms with Gasteiger partial charge in [0.15, 0.2) is 5.71 Å². The normalized spacial score (nSPS) is 11.7. The quantitative estimate of drug-likeness (QED) is 0.478. The summed E-state index contributed by atoms with van der Waals surface area (Å²) in [4.78, 5) is 0. The molecule has 0 atom stereocenters. The van der Waals surface area contributed by atoms with Crippen LogP contribution in [0.4, 0.5) is 5.69 Å². The van der Waals surface area contributed by atoms with E-state index in [-0.39, 0.29) is 62.4 Å². The third-order valence-electron chi connectivity index (χ3n) is 3.17. The van der Waals surface area contributed by atoms with E-state index in [9.17, 15) is 0 Å². The van der Waals surface area contributed by atoms with Crippen molar-refractivity contribution in [2.45, 2.75) is 63.3 Å². The van der Waals surface area contributed by atoms with Crippen molar-refractivity contribution in [3.05, 3.63) is 35.4 Å². The molecule has 133 valence electrons.